The standard InChI is InChI=1S/C13H18N2O4/c1-9-7-6-8-10(14-9)15(11(16)18-5)12(17)19-13(2,3)4/h6-8H,1-5H3. The van der Waals surface area contributed by atoms with Crippen molar-refractivity contribution < 1.29 is 19.1 Å². The molecule has 1 aromatic rings. The first-order valence-corrected chi connectivity index (χ1v) is 5.79. The van der Waals surface area contributed by atoms with Gasteiger partial charge in [0.1, 0.15) is 11.4 Å². The molecule has 0 radical (unpaired) electrons. The fraction of sp³-hybridized carbons (Fsp3) is 0.462. The molecule has 1 aromatic heterocycles. The maximum Gasteiger partial charge on any atom is 0.425 e. The highest BCUT2D eigenvalue weighted by Crippen LogP contribution is 2.17. The molecule has 0 N–H and O–H groups in total. The minimum Gasteiger partial charge on any atom is -0.452 e. The quantitative estimate of drug-likeness (QED) is 0.781. The first-order valence-electron chi connectivity index (χ1n) is 5.79. The lowest BCUT2D eigenvalue weighted by atomic mass is 10.2. The van der Waals surface area contributed by atoms with E-state index in [1.54, 1.807) is 39.8 Å². The predicted molar refractivity (Wildman–Crippen MR) is 70.1 cm³/mol. The van der Waals surface area contributed by atoms with Crippen LogP contribution in [-0.2, 0) is 9.47 Å². The Hall–Kier alpha value is -2.11. The van der Waals surface area contributed by atoms with Crippen molar-refractivity contribution in [3.63, 3.8) is 0 Å². The van der Waals surface area contributed by atoms with E-state index in [-0.39, 0.29) is 5.82 Å². The van der Waals surface area contributed by atoms with Gasteiger partial charge in [0, 0.05) is 5.69 Å². The highest BCUT2D eigenvalue weighted by molar-refractivity contribution is 6.08. The van der Waals surface area contributed by atoms with Gasteiger partial charge in [0.2, 0.25) is 0 Å². The second kappa shape index (κ2) is 5.69. The molecule has 0 aromatic carbocycles. The number of hydrogen-bond acceptors (Lipinski definition) is 5. The van der Waals surface area contributed by atoms with E-state index >= 15 is 0 Å². The molecule has 1 heterocycles. The van der Waals surface area contributed by atoms with Crippen LogP contribution >= 0.6 is 0 Å². The predicted octanol–water partition coefficient (Wildman–Crippen LogP) is 2.90. The van der Waals surface area contributed by atoms with Gasteiger partial charge in [-0.25, -0.2) is 14.6 Å². The number of nitrogens with zero attached hydrogens (tertiary/aromatic N) is 2. The third-order valence-electron chi connectivity index (χ3n) is 2.04. The second-order valence-corrected chi connectivity index (χ2v) is 4.92. The summed E-state index contributed by atoms with van der Waals surface area (Å²) in [7, 11) is 1.19. The van der Waals surface area contributed by atoms with Gasteiger partial charge in [0.25, 0.3) is 0 Å². The summed E-state index contributed by atoms with van der Waals surface area (Å²) in [4.78, 5) is 28.6. The molecule has 0 saturated carbocycles. The first kappa shape index (κ1) is 14.9. The van der Waals surface area contributed by atoms with Crippen LogP contribution in [0.25, 0.3) is 0 Å². The van der Waals surface area contributed by atoms with Gasteiger partial charge in [0.15, 0.2) is 0 Å². The number of imide groups is 1. The smallest absolute Gasteiger partial charge is 0.425 e. The number of hydrogen-bond donors (Lipinski definition) is 0. The fourth-order valence-corrected chi connectivity index (χ4v) is 1.31. The van der Waals surface area contributed by atoms with E-state index in [0.29, 0.717) is 5.69 Å². The van der Waals surface area contributed by atoms with Crippen LogP contribution in [-0.4, -0.2) is 29.9 Å². The molecular weight excluding hydrogens is 248 g/mol. The monoisotopic (exact) mass is 266 g/mol. The molecule has 6 nitrogen and oxygen atoms in total. The van der Waals surface area contributed by atoms with Gasteiger partial charge < -0.3 is 9.47 Å². The summed E-state index contributed by atoms with van der Waals surface area (Å²) in [6.07, 6.45) is -1.66. The Morgan fingerprint density at radius 1 is 1.21 bits per heavy atom. The largest absolute Gasteiger partial charge is 0.452 e. The average molecular weight is 266 g/mol. The zero-order chi connectivity index (χ0) is 14.6. The van der Waals surface area contributed by atoms with E-state index in [2.05, 4.69) is 9.72 Å². The van der Waals surface area contributed by atoms with E-state index in [1.807, 2.05) is 0 Å². The van der Waals surface area contributed by atoms with Crippen LogP contribution in [0.15, 0.2) is 18.2 Å². The molecule has 0 unspecified atom stereocenters. The van der Waals surface area contributed by atoms with Crippen molar-refractivity contribution in [1.29, 1.82) is 0 Å². The summed E-state index contributed by atoms with van der Waals surface area (Å²) >= 11 is 0. The van der Waals surface area contributed by atoms with Crippen molar-refractivity contribution >= 4 is 18.0 Å². The summed E-state index contributed by atoms with van der Waals surface area (Å²) in [5, 5.41) is 0. The van der Waals surface area contributed by atoms with E-state index in [1.165, 1.54) is 13.2 Å². The van der Waals surface area contributed by atoms with Crippen LogP contribution in [0.1, 0.15) is 26.5 Å². The van der Waals surface area contributed by atoms with Crippen LogP contribution in [0.2, 0.25) is 0 Å². The summed E-state index contributed by atoms with van der Waals surface area (Å²) < 4.78 is 9.75. The Morgan fingerprint density at radius 2 is 1.84 bits per heavy atom. The number of pyridine rings is 1. The Balaban J connectivity index is 3.09. The topological polar surface area (TPSA) is 68.7 Å². The number of ether oxygens (including phenoxy) is 2. The van der Waals surface area contributed by atoms with E-state index in [4.69, 9.17) is 4.74 Å². The maximum absolute atomic E-state index is 12.0. The molecule has 1 rings (SSSR count). The van der Waals surface area contributed by atoms with Crippen molar-refractivity contribution in [3.05, 3.63) is 23.9 Å². The number of rotatable bonds is 1. The first-order chi connectivity index (χ1) is 8.74. The third-order valence-corrected chi connectivity index (χ3v) is 2.04. The van der Waals surface area contributed by atoms with Gasteiger partial charge in [0.05, 0.1) is 7.11 Å². The SMILES string of the molecule is COC(=O)N(C(=O)OC(C)(C)C)c1cccc(C)n1. The third kappa shape index (κ3) is 4.24. The minimum absolute atomic E-state index is 0.168. The van der Waals surface area contributed by atoms with Crippen LogP contribution in [0.5, 0.6) is 0 Å². The summed E-state index contributed by atoms with van der Waals surface area (Å²) in [6.45, 7) is 6.89. The van der Waals surface area contributed by atoms with Gasteiger partial charge in [-0.3, -0.25) is 0 Å². The minimum atomic E-state index is -0.840. The van der Waals surface area contributed by atoms with Crippen LogP contribution in [0, 0.1) is 6.92 Å². The molecule has 104 valence electrons. The Morgan fingerprint density at radius 3 is 2.32 bits per heavy atom. The lowest BCUT2D eigenvalue weighted by Gasteiger charge is -2.24. The zero-order valence-electron chi connectivity index (χ0n) is 11.8. The highest BCUT2D eigenvalue weighted by Gasteiger charge is 2.30. The summed E-state index contributed by atoms with van der Waals surface area (Å²) in [5.74, 6) is 0.168. The number of methoxy groups -OCH3 is 1. The number of anilines is 1. The number of aromatic nitrogens is 1. The Labute approximate surface area is 112 Å². The molecule has 0 saturated heterocycles. The molecule has 0 aliphatic rings. The Kier molecular flexibility index (Phi) is 4.47. The van der Waals surface area contributed by atoms with E-state index in [9.17, 15) is 9.59 Å². The fourth-order valence-electron chi connectivity index (χ4n) is 1.31. The van der Waals surface area contributed by atoms with Gasteiger partial charge >= 0.3 is 12.2 Å². The number of amides is 2. The Bertz CT molecular complexity index is 480. The summed E-state index contributed by atoms with van der Waals surface area (Å²) in [5.41, 5.74) is -0.0392. The lowest BCUT2D eigenvalue weighted by molar-refractivity contribution is 0.0574. The normalized spacial score (nSPS) is 10.8. The number of carbonyl (C=O) groups excluding carboxylic acids is 2. The van der Waals surface area contributed by atoms with Crippen LogP contribution < -0.4 is 4.90 Å². The molecule has 0 fully saturated rings. The lowest BCUT2D eigenvalue weighted by Crippen LogP contribution is -2.41. The molecule has 0 bridgehead atoms. The zero-order valence-corrected chi connectivity index (χ0v) is 11.8. The van der Waals surface area contributed by atoms with Gasteiger partial charge in [-0.2, -0.15) is 4.90 Å². The van der Waals surface area contributed by atoms with Gasteiger partial charge in [-0.15, -0.1) is 0 Å². The van der Waals surface area contributed by atoms with Gasteiger partial charge in [-0.1, -0.05) is 6.07 Å². The van der Waals surface area contributed by atoms with Crippen LogP contribution in [0.4, 0.5) is 15.4 Å². The molecule has 0 atom stereocenters. The average Bonchev–Trinajstić information content (AvgIpc) is 2.26. The van der Waals surface area contributed by atoms with Crippen molar-refractivity contribution in [3.8, 4) is 0 Å². The van der Waals surface area contributed by atoms with Crippen molar-refractivity contribution in [2.45, 2.75) is 33.3 Å². The van der Waals surface area contributed by atoms with E-state index in [0.717, 1.165) is 4.90 Å². The highest BCUT2D eigenvalue weighted by atomic mass is 16.6. The van der Waals surface area contributed by atoms with Crippen molar-refractivity contribution in [2.75, 3.05) is 12.0 Å². The molecule has 0 aliphatic carbocycles. The van der Waals surface area contributed by atoms with Crippen molar-refractivity contribution in [2.24, 2.45) is 0 Å². The van der Waals surface area contributed by atoms with E-state index < -0.39 is 17.8 Å². The number of carbonyl (C=O) groups is 2. The molecule has 0 spiro atoms. The van der Waals surface area contributed by atoms with Crippen LogP contribution in [0.3, 0.4) is 0 Å². The molecule has 6 heteroatoms. The molecular formula is C13H18N2O4. The summed E-state index contributed by atoms with van der Waals surface area (Å²) in [6, 6.07) is 4.99. The second-order valence-electron chi connectivity index (χ2n) is 4.92. The molecule has 19 heavy (non-hydrogen) atoms. The van der Waals surface area contributed by atoms with Crippen molar-refractivity contribution in [1.82, 2.24) is 4.98 Å². The molecule has 0 aliphatic heterocycles. The van der Waals surface area contributed by atoms with Gasteiger partial charge in [-0.05, 0) is 39.8 Å². The maximum atomic E-state index is 12.0. The number of aryl methyl sites for hydroxylation is 1. The molecule has 2 amide bonds.